The fraction of sp³-hybridized carbons (Fsp3) is 0.185. The second-order valence-corrected chi connectivity index (χ2v) is 8.12. The molecule has 3 heterocycles. The van der Waals surface area contributed by atoms with Gasteiger partial charge < -0.3 is 9.80 Å². The Morgan fingerprint density at radius 2 is 1.39 bits per heavy atom. The first-order valence-electron chi connectivity index (χ1n) is 11.2. The molecule has 1 amide bonds. The maximum atomic E-state index is 12.8. The second kappa shape index (κ2) is 9.61. The van der Waals surface area contributed by atoms with Crippen LogP contribution in [-0.4, -0.2) is 52.2 Å². The zero-order valence-electron chi connectivity index (χ0n) is 18.3. The number of hydrogen-bond donors (Lipinski definition) is 0. The van der Waals surface area contributed by atoms with E-state index in [1.807, 2.05) is 47.4 Å². The molecule has 33 heavy (non-hydrogen) atoms. The van der Waals surface area contributed by atoms with Crippen LogP contribution in [0.3, 0.4) is 0 Å². The number of rotatable bonds is 5. The number of carbonyl (C=O) groups excluding carboxylic acids is 1. The Labute approximate surface area is 193 Å². The molecular formula is C27H25N5O. The minimum Gasteiger partial charge on any atom is -0.352 e. The number of anilines is 1. The van der Waals surface area contributed by atoms with Gasteiger partial charge in [0.1, 0.15) is 0 Å². The summed E-state index contributed by atoms with van der Waals surface area (Å²) in [5.41, 5.74) is 5.21. The molecule has 6 heteroatoms. The van der Waals surface area contributed by atoms with Crippen molar-refractivity contribution in [1.29, 1.82) is 0 Å². The Bertz CT molecular complexity index is 1190. The SMILES string of the molecule is O=C(Cc1ccc(-c2ccccc2)cc1)N1CCN(c2ccc(-c3ccncc3)nn2)CC1. The summed E-state index contributed by atoms with van der Waals surface area (Å²) < 4.78 is 0. The van der Waals surface area contributed by atoms with Gasteiger partial charge in [0.2, 0.25) is 5.91 Å². The highest BCUT2D eigenvalue weighted by Gasteiger charge is 2.22. The molecule has 1 saturated heterocycles. The summed E-state index contributed by atoms with van der Waals surface area (Å²) in [5, 5.41) is 8.76. The van der Waals surface area contributed by atoms with Crippen molar-refractivity contribution in [3.8, 4) is 22.4 Å². The molecule has 2 aromatic carbocycles. The number of piperazine rings is 1. The summed E-state index contributed by atoms with van der Waals surface area (Å²) in [5.74, 6) is 1.01. The summed E-state index contributed by atoms with van der Waals surface area (Å²) in [6, 6.07) is 26.4. The number of carbonyl (C=O) groups is 1. The minimum atomic E-state index is 0.168. The molecule has 0 aliphatic carbocycles. The molecule has 0 saturated carbocycles. The molecular weight excluding hydrogens is 410 g/mol. The third-order valence-electron chi connectivity index (χ3n) is 6.00. The minimum absolute atomic E-state index is 0.168. The van der Waals surface area contributed by atoms with Gasteiger partial charge in [0, 0.05) is 44.1 Å². The van der Waals surface area contributed by atoms with Crippen molar-refractivity contribution in [2.75, 3.05) is 31.1 Å². The first-order valence-corrected chi connectivity index (χ1v) is 11.2. The van der Waals surface area contributed by atoms with Gasteiger partial charge in [0.05, 0.1) is 12.1 Å². The van der Waals surface area contributed by atoms with Crippen molar-refractivity contribution >= 4 is 11.7 Å². The maximum Gasteiger partial charge on any atom is 0.227 e. The Kier molecular flexibility index (Phi) is 6.06. The van der Waals surface area contributed by atoms with Crippen molar-refractivity contribution in [2.24, 2.45) is 0 Å². The van der Waals surface area contributed by atoms with E-state index in [4.69, 9.17) is 0 Å². The van der Waals surface area contributed by atoms with E-state index in [-0.39, 0.29) is 5.91 Å². The average molecular weight is 436 g/mol. The smallest absolute Gasteiger partial charge is 0.227 e. The Hall–Kier alpha value is -4.06. The number of benzene rings is 2. The van der Waals surface area contributed by atoms with Crippen LogP contribution in [0.5, 0.6) is 0 Å². The molecule has 0 atom stereocenters. The summed E-state index contributed by atoms with van der Waals surface area (Å²) in [7, 11) is 0. The van der Waals surface area contributed by atoms with Crippen LogP contribution in [0, 0.1) is 0 Å². The highest BCUT2D eigenvalue weighted by molar-refractivity contribution is 5.79. The number of aromatic nitrogens is 3. The second-order valence-electron chi connectivity index (χ2n) is 8.12. The van der Waals surface area contributed by atoms with Gasteiger partial charge in [0.15, 0.2) is 5.82 Å². The molecule has 0 radical (unpaired) electrons. The average Bonchev–Trinajstić information content (AvgIpc) is 2.90. The van der Waals surface area contributed by atoms with Crippen LogP contribution in [0.25, 0.3) is 22.4 Å². The lowest BCUT2D eigenvalue weighted by Gasteiger charge is -2.35. The summed E-state index contributed by atoms with van der Waals surface area (Å²) >= 11 is 0. The third kappa shape index (κ3) is 4.90. The zero-order chi connectivity index (χ0) is 22.5. The zero-order valence-corrected chi connectivity index (χ0v) is 18.3. The van der Waals surface area contributed by atoms with Gasteiger partial charge in [0.25, 0.3) is 0 Å². The fourth-order valence-corrected chi connectivity index (χ4v) is 4.09. The Morgan fingerprint density at radius 1 is 0.697 bits per heavy atom. The largest absolute Gasteiger partial charge is 0.352 e. The van der Waals surface area contributed by atoms with Crippen molar-refractivity contribution in [3.63, 3.8) is 0 Å². The van der Waals surface area contributed by atoms with E-state index in [9.17, 15) is 4.79 Å². The molecule has 1 aliphatic rings. The lowest BCUT2D eigenvalue weighted by atomic mass is 10.0. The lowest BCUT2D eigenvalue weighted by Crippen LogP contribution is -2.49. The van der Waals surface area contributed by atoms with Crippen LogP contribution in [0.15, 0.2) is 91.3 Å². The van der Waals surface area contributed by atoms with E-state index in [1.54, 1.807) is 12.4 Å². The Balaban J connectivity index is 1.15. The standard InChI is InChI=1S/C27H25N5O/c33-27(20-21-6-8-23(9-7-21)22-4-2-1-3-5-22)32-18-16-31(17-19-32)26-11-10-25(29-30-26)24-12-14-28-15-13-24/h1-15H,16-20H2. The summed E-state index contributed by atoms with van der Waals surface area (Å²) in [4.78, 5) is 21.0. The molecule has 1 fully saturated rings. The first-order chi connectivity index (χ1) is 16.3. The number of nitrogens with zero attached hydrogens (tertiary/aromatic N) is 5. The van der Waals surface area contributed by atoms with E-state index >= 15 is 0 Å². The van der Waals surface area contributed by atoms with Gasteiger partial charge in [-0.05, 0) is 41.0 Å². The molecule has 0 bridgehead atoms. The molecule has 6 nitrogen and oxygen atoms in total. The van der Waals surface area contributed by atoms with Crippen molar-refractivity contribution < 1.29 is 4.79 Å². The number of amides is 1. The van der Waals surface area contributed by atoms with Gasteiger partial charge in [-0.15, -0.1) is 10.2 Å². The lowest BCUT2D eigenvalue weighted by molar-refractivity contribution is -0.130. The van der Waals surface area contributed by atoms with Crippen LogP contribution < -0.4 is 4.90 Å². The van der Waals surface area contributed by atoms with Crippen LogP contribution in [0.1, 0.15) is 5.56 Å². The molecule has 164 valence electrons. The van der Waals surface area contributed by atoms with Crippen LogP contribution >= 0.6 is 0 Å². The molecule has 2 aromatic heterocycles. The highest BCUT2D eigenvalue weighted by atomic mass is 16.2. The number of hydrogen-bond acceptors (Lipinski definition) is 5. The van der Waals surface area contributed by atoms with E-state index in [2.05, 4.69) is 56.5 Å². The van der Waals surface area contributed by atoms with Crippen LogP contribution in [0.2, 0.25) is 0 Å². The fourth-order valence-electron chi connectivity index (χ4n) is 4.09. The molecule has 0 unspecified atom stereocenters. The van der Waals surface area contributed by atoms with Gasteiger partial charge in [-0.3, -0.25) is 9.78 Å². The molecule has 4 aromatic rings. The summed E-state index contributed by atoms with van der Waals surface area (Å²) in [6.07, 6.45) is 3.92. The maximum absolute atomic E-state index is 12.8. The van der Waals surface area contributed by atoms with Gasteiger partial charge in [-0.25, -0.2) is 0 Å². The van der Waals surface area contributed by atoms with E-state index < -0.39 is 0 Å². The monoisotopic (exact) mass is 435 g/mol. The van der Waals surface area contributed by atoms with E-state index in [0.29, 0.717) is 19.5 Å². The molecule has 1 aliphatic heterocycles. The van der Waals surface area contributed by atoms with Crippen molar-refractivity contribution in [1.82, 2.24) is 20.1 Å². The summed E-state index contributed by atoms with van der Waals surface area (Å²) in [6.45, 7) is 2.88. The predicted molar refractivity (Wildman–Crippen MR) is 130 cm³/mol. The molecule has 0 spiro atoms. The van der Waals surface area contributed by atoms with E-state index in [1.165, 1.54) is 5.56 Å². The van der Waals surface area contributed by atoms with Gasteiger partial charge in [-0.1, -0.05) is 54.6 Å². The van der Waals surface area contributed by atoms with Crippen LogP contribution in [-0.2, 0) is 11.2 Å². The Morgan fingerprint density at radius 3 is 2.06 bits per heavy atom. The topological polar surface area (TPSA) is 62.2 Å². The van der Waals surface area contributed by atoms with Crippen molar-refractivity contribution in [2.45, 2.75) is 6.42 Å². The van der Waals surface area contributed by atoms with Crippen LogP contribution in [0.4, 0.5) is 5.82 Å². The van der Waals surface area contributed by atoms with Crippen molar-refractivity contribution in [3.05, 3.63) is 96.8 Å². The van der Waals surface area contributed by atoms with E-state index in [0.717, 1.165) is 41.3 Å². The normalized spacial score (nSPS) is 13.7. The van der Waals surface area contributed by atoms with Gasteiger partial charge >= 0.3 is 0 Å². The molecule has 5 rings (SSSR count). The van der Waals surface area contributed by atoms with Gasteiger partial charge in [-0.2, -0.15) is 0 Å². The first kappa shape index (κ1) is 20.8. The quantitative estimate of drug-likeness (QED) is 0.472. The molecule has 0 N–H and O–H groups in total. The predicted octanol–water partition coefficient (Wildman–Crippen LogP) is 4.10. The highest BCUT2D eigenvalue weighted by Crippen LogP contribution is 2.21. The third-order valence-corrected chi connectivity index (χ3v) is 6.00. The number of pyridine rings is 1.